The first-order valence-electron chi connectivity index (χ1n) is 9.34. The number of ether oxygens (including phenoxy) is 1. The van der Waals surface area contributed by atoms with E-state index in [2.05, 4.69) is 26.9 Å². The number of hydrogen-bond acceptors (Lipinski definition) is 5. The topological polar surface area (TPSA) is 55.6 Å². The summed E-state index contributed by atoms with van der Waals surface area (Å²) in [6.07, 6.45) is 1.72. The third-order valence-electron chi connectivity index (χ3n) is 4.42. The highest BCUT2D eigenvalue weighted by Crippen LogP contribution is 2.22. The van der Waals surface area contributed by atoms with Crippen LogP contribution in [0.5, 0.6) is 0 Å². The van der Waals surface area contributed by atoms with Crippen LogP contribution in [-0.2, 0) is 11.3 Å². The molecule has 0 fully saturated rings. The standard InChI is InChI=1S/C23H21N5O/c1-18-25-22-20(12-9-15-29-17-19-10-5-3-6-11-19)16-24-28(22)23(26-18)27(2)21-13-7-4-8-14-21/h3-8,10-11,13-14,16H,15,17H2,1-2H3. The summed E-state index contributed by atoms with van der Waals surface area (Å²) < 4.78 is 7.35. The normalized spacial score (nSPS) is 10.6. The van der Waals surface area contributed by atoms with Crippen LogP contribution in [0.1, 0.15) is 17.0 Å². The van der Waals surface area contributed by atoms with Crippen molar-refractivity contribution in [2.45, 2.75) is 13.5 Å². The van der Waals surface area contributed by atoms with E-state index in [1.54, 1.807) is 10.7 Å². The lowest BCUT2D eigenvalue weighted by atomic mass is 10.2. The minimum absolute atomic E-state index is 0.340. The van der Waals surface area contributed by atoms with Gasteiger partial charge in [0.05, 0.1) is 18.4 Å². The van der Waals surface area contributed by atoms with Gasteiger partial charge in [0.1, 0.15) is 12.4 Å². The van der Waals surface area contributed by atoms with Gasteiger partial charge in [0.25, 0.3) is 0 Å². The fourth-order valence-corrected chi connectivity index (χ4v) is 2.96. The molecule has 0 aliphatic heterocycles. The van der Waals surface area contributed by atoms with E-state index in [-0.39, 0.29) is 0 Å². The van der Waals surface area contributed by atoms with Crippen molar-refractivity contribution < 1.29 is 4.74 Å². The summed E-state index contributed by atoms with van der Waals surface area (Å²) in [4.78, 5) is 11.1. The van der Waals surface area contributed by atoms with Gasteiger partial charge in [-0.25, -0.2) is 4.98 Å². The van der Waals surface area contributed by atoms with Crippen molar-refractivity contribution in [3.05, 3.63) is 83.8 Å². The molecule has 2 heterocycles. The van der Waals surface area contributed by atoms with Crippen LogP contribution < -0.4 is 4.90 Å². The molecule has 0 amide bonds. The zero-order valence-electron chi connectivity index (χ0n) is 16.4. The Balaban J connectivity index is 1.54. The van der Waals surface area contributed by atoms with Crippen molar-refractivity contribution in [2.75, 3.05) is 18.6 Å². The van der Waals surface area contributed by atoms with E-state index in [9.17, 15) is 0 Å². The van der Waals surface area contributed by atoms with Gasteiger partial charge in [0.15, 0.2) is 5.65 Å². The lowest BCUT2D eigenvalue weighted by Gasteiger charge is -2.18. The predicted molar refractivity (Wildman–Crippen MR) is 113 cm³/mol. The van der Waals surface area contributed by atoms with Gasteiger partial charge in [-0.1, -0.05) is 60.4 Å². The second kappa shape index (κ2) is 8.55. The molecule has 0 saturated heterocycles. The predicted octanol–water partition coefficient (Wildman–Crippen LogP) is 3.77. The summed E-state index contributed by atoms with van der Waals surface area (Å²) in [5, 5.41) is 4.46. The van der Waals surface area contributed by atoms with Crippen LogP contribution >= 0.6 is 0 Å². The van der Waals surface area contributed by atoms with Crippen molar-refractivity contribution >= 4 is 17.3 Å². The van der Waals surface area contributed by atoms with Crippen molar-refractivity contribution in [3.8, 4) is 11.8 Å². The second-order valence-electron chi connectivity index (χ2n) is 6.54. The lowest BCUT2D eigenvalue weighted by Crippen LogP contribution is -2.17. The zero-order valence-corrected chi connectivity index (χ0v) is 16.4. The molecule has 0 aliphatic rings. The van der Waals surface area contributed by atoms with Crippen LogP contribution in [-0.4, -0.2) is 33.2 Å². The number of aryl methyl sites for hydroxylation is 1. The molecular formula is C23H21N5O. The average Bonchev–Trinajstić information content (AvgIpc) is 3.16. The highest BCUT2D eigenvalue weighted by Gasteiger charge is 2.14. The first-order valence-corrected chi connectivity index (χ1v) is 9.34. The summed E-state index contributed by atoms with van der Waals surface area (Å²) in [6, 6.07) is 20.1. The minimum atomic E-state index is 0.340. The van der Waals surface area contributed by atoms with Gasteiger partial charge in [0.2, 0.25) is 5.95 Å². The quantitative estimate of drug-likeness (QED) is 0.388. The SMILES string of the molecule is Cc1nc(N(C)c2ccccc2)n2ncc(C#CCOCc3ccccc3)c2n1. The van der Waals surface area contributed by atoms with Crippen molar-refractivity contribution in [2.24, 2.45) is 0 Å². The Morgan fingerprint density at radius 3 is 2.48 bits per heavy atom. The Morgan fingerprint density at radius 2 is 1.72 bits per heavy atom. The number of benzene rings is 2. The molecule has 0 aliphatic carbocycles. The van der Waals surface area contributed by atoms with Crippen LogP contribution in [0.2, 0.25) is 0 Å². The Morgan fingerprint density at radius 1 is 1.00 bits per heavy atom. The van der Waals surface area contributed by atoms with Crippen LogP contribution in [0, 0.1) is 18.8 Å². The van der Waals surface area contributed by atoms with E-state index in [0.29, 0.717) is 30.6 Å². The van der Waals surface area contributed by atoms with E-state index >= 15 is 0 Å². The molecule has 0 unspecified atom stereocenters. The van der Waals surface area contributed by atoms with Gasteiger partial charge in [-0.2, -0.15) is 14.6 Å². The molecule has 0 spiro atoms. The monoisotopic (exact) mass is 383 g/mol. The number of nitrogens with zero attached hydrogens (tertiary/aromatic N) is 5. The number of aromatic nitrogens is 4. The molecule has 0 saturated carbocycles. The maximum atomic E-state index is 5.63. The Labute approximate surface area is 169 Å². The van der Waals surface area contributed by atoms with Crippen LogP contribution in [0.4, 0.5) is 11.6 Å². The van der Waals surface area contributed by atoms with Gasteiger partial charge in [0, 0.05) is 12.7 Å². The molecule has 0 bridgehead atoms. The van der Waals surface area contributed by atoms with E-state index in [0.717, 1.165) is 16.8 Å². The number of para-hydroxylation sites is 1. The van der Waals surface area contributed by atoms with Crippen LogP contribution in [0.15, 0.2) is 66.9 Å². The van der Waals surface area contributed by atoms with Gasteiger partial charge in [-0.15, -0.1) is 0 Å². The second-order valence-corrected chi connectivity index (χ2v) is 6.54. The molecule has 144 valence electrons. The fourth-order valence-electron chi connectivity index (χ4n) is 2.96. The molecular weight excluding hydrogens is 362 g/mol. The van der Waals surface area contributed by atoms with Gasteiger partial charge < -0.3 is 9.64 Å². The average molecular weight is 383 g/mol. The highest BCUT2D eigenvalue weighted by molar-refractivity contribution is 5.63. The van der Waals surface area contributed by atoms with Crippen molar-refractivity contribution in [1.29, 1.82) is 0 Å². The Hall–Kier alpha value is -3.69. The molecule has 0 radical (unpaired) electrons. The molecule has 6 heteroatoms. The molecule has 4 aromatic rings. The molecule has 6 nitrogen and oxygen atoms in total. The van der Waals surface area contributed by atoms with Gasteiger partial charge in [-0.05, 0) is 24.6 Å². The summed E-state index contributed by atoms with van der Waals surface area (Å²) in [5.74, 6) is 7.52. The van der Waals surface area contributed by atoms with Gasteiger partial charge in [-0.3, -0.25) is 0 Å². The molecule has 0 N–H and O–H groups in total. The zero-order chi connectivity index (χ0) is 20.1. The number of hydrogen-bond donors (Lipinski definition) is 0. The van der Waals surface area contributed by atoms with E-state index in [4.69, 9.17) is 4.74 Å². The maximum absolute atomic E-state index is 5.63. The Kier molecular flexibility index (Phi) is 5.50. The number of rotatable bonds is 5. The van der Waals surface area contributed by atoms with E-state index in [1.807, 2.05) is 79.5 Å². The largest absolute Gasteiger partial charge is 0.364 e. The van der Waals surface area contributed by atoms with Gasteiger partial charge >= 0.3 is 0 Å². The molecule has 2 aromatic carbocycles. The van der Waals surface area contributed by atoms with Crippen LogP contribution in [0.25, 0.3) is 5.65 Å². The third kappa shape index (κ3) is 4.26. The summed E-state index contributed by atoms with van der Waals surface area (Å²) >= 11 is 0. The van der Waals surface area contributed by atoms with Crippen molar-refractivity contribution in [1.82, 2.24) is 19.6 Å². The maximum Gasteiger partial charge on any atom is 0.234 e. The molecule has 2 aromatic heterocycles. The third-order valence-corrected chi connectivity index (χ3v) is 4.42. The molecule has 4 rings (SSSR count). The number of fused-ring (bicyclic) bond motifs is 1. The fraction of sp³-hybridized carbons (Fsp3) is 0.174. The Bertz CT molecular complexity index is 1160. The van der Waals surface area contributed by atoms with E-state index < -0.39 is 0 Å². The molecule has 29 heavy (non-hydrogen) atoms. The summed E-state index contributed by atoms with van der Waals surface area (Å²) in [7, 11) is 1.96. The first-order chi connectivity index (χ1) is 14.2. The summed E-state index contributed by atoms with van der Waals surface area (Å²) in [6.45, 7) is 2.75. The highest BCUT2D eigenvalue weighted by atomic mass is 16.5. The summed E-state index contributed by atoms with van der Waals surface area (Å²) in [5.41, 5.74) is 3.58. The molecule has 0 atom stereocenters. The minimum Gasteiger partial charge on any atom is -0.364 e. The smallest absolute Gasteiger partial charge is 0.234 e. The first kappa shape index (κ1) is 18.7. The lowest BCUT2D eigenvalue weighted by molar-refractivity contribution is 0.153. The number of anilines is 2. The van der Waals surface area contributed by atoms with Crippen molar-refractivity contribution in [3.63, 3.8) is 0 Å². The van der Waals surface area contributed by atoms with E-state index in [1.165, 1.54) is 0 Å². The van der Waals surface area contributed by atoms with Crippen LogP contribution in [0.3, 0.4) is 0 Å².